The molecule has 3 aromatic rings. The fraction of sp³-hybridized carbons (Fsp3) is 0.125. The Balaban J connectivity index is 2.13. The molecule has 2 heterocycles. The molecule has 0 bridgehead atoms. The van der Waals surface area contributed by atoms with Crippen molar-refractivity contribution in [2.75, 3.05) is 0 Å². The van der Waals surface area contributed by atoms with Crippen LogP contribution in [0.15, 0.2) is 40.3 Å². The van der Waals surface area contributed by atoms with Gasteiger partial charge in [0.05, 0.1) is 16.1 Å². The van der Waals surface area contributed by atoms with Gasteiger partial charge in [0.15, 0.2) is 6.29 Å². The Morgan fingerprint density at radius 3 is 2.48 bits per heavy atom. The van der Waals surface area contributed by atoms with Crippen LogP contribution in [0.1, 0.15) is 21.5 Å². The number of aryl methyl sites for hydroxylation is 2. The van der Waals surface area contributed by atoms with Gasteiger partial charge < -0.3 is 0 Å². The van der Waals surface area contributed by atoms with Gasteiger partial charge in [-0.15, -0.1) is 11.3 Å². The second-order valence-corrected chi connectivity index (χ2v) is 6.80. The summed E-state index contributed by atoms with van der Waals surface area (Å²) in [5, 5.41) is 6.58. The monoisotopic (exact) mass is 360 g/mol. The summed E-state index contributed by atoms with van der Waals surface area (Å²) in [5.74, 6) is 0. The predicted octanol–water partition coefficient (Wildman–Crippen LogP) is 4.79. The normalized spacial score (nSPS) is 10.8. The van der Waals surface area contributed by atoms with Crippen LogP contribution in [-0.2, 0) is 0 Å². The lowest BCUT2D eigenvalue weighted by molar-refractivity contribution is 0.112. The lowest BCUT2D eigenvalue weighted by atomic mass is 10.1. The Bertz CT molecular complexity index is 799. The third kappa shape index (κ3) is 2.84. The molecule has 5 heteroatoms. The van der Waals surface area contributed by atoms with Crippen molar-refractivity contribution in [3.8, 4) is 16.3 Å². The van der Waals surface area contributed by atoms with Crippen LogP contribution in [0.3, 0.4) is 0 Å². The molecule has 0 aliphatic rings. The van der Waals surface area contributed by atoms with Gasteiger partial charge in [0.1, 0.15) is 5.69 Å². The number of aldehydes is 1. The van der Waals surface area contributed by atoms with Gasteiger partial charge in [-0.2, -0.15) is 5.10 Å². The highest BCUT2D eigenvalue weighted by molar-refractivity contribution is 9.10. The summed E-state index contributed by atoms with van der Waals surface area (Å²) in [5.41, 5.74) is 4.64. The first-order chi connectivity index (χ1) is 10.1. The number of rotatable bonds is 3. The van der Waals surface area contributed by atoms with Crippen LogP contribution in [0.4, 0.5) is 0 Å². The average molecular weight is 361 g/mol. The quantitative estimate of drug-likeness (QED) is 0.629. The van der Waals surface area contributed by atoms with E-state index in [0.717, 1.165) is 27.0 Å². The molecule has 0 aliphatic carbocycles. The SMILES string of the molecule is Cc1cc(C)cc(-n2cc(C=O)c(-c3cc(Br)cs3)n2)c1. The minimum absolute atomic E-state index is 0.600. The molecular formula is C16H13BrN2OS. The van der Waals surface area contributed by atoms with Crippen molar-refractivity contribution in [2.24, 2.45) is 0 Å². The number of aromatic nitrogens is 2. The molecule has 0 spiro atoms. The van der Waals surface area contributed by atoms with E-state index in [1.165, 1.54) is 11.1 Å². The van der Waals surface area contributed by atoms with Gasteiger partial charge in [0.25, 0.3) is 0 Å². The Morgan fingerprint density at radius 2 is 1.90 bits per heavy atom. The zero-order chi connectivity index (χ0) is 15.0. The van der Waals surface area contributed by atoms with Crippen molar-refractivity contribution >= 4 is 33.6 Å². The molecule has 3 nitrogen and oxygen atoms in total. The second-order valence-electron chi connectivity index (χ2n) is 4.97. The van der Waals surface area contributed by atoms with E-state index in [1.54, 1.807) is 22.2 Å². The highest BCUT2D eigenvalue weighted by Gasteiger charge is 2.13. The zero-order valence-corrected chi connectivity index (χ0v) is 14.0. The number of hydrogen-bond acceptors (Lipinski definition) is 3. The van der Waals surface area contributed by atoms with Gasteiger partial charge >= 0.3 is 0 Å². The van der Waals surface area contributed by atoms with Gasteiger partial charge in [-0.3, -0.25) is 4.79 Å². The summed E-state index contributed by atoms with van der Waals surface area (Å²) >= 11 is 5.00. The molecule has 0 N–H and O–H groups in total. The van der Waals surface area contributed by atoms with E-state index in [0.29, 0.717) is 5.56 Å². The Labute approximate surface area is 135 Å². The van der Waals surface area contributed by atoms with Crippen LogP contribution in [0, 0.1) is 13.8 Å². The van der Waals surface area contributed by atoms with E-state index in [2.05, 4.69) is 53.1 Å². The van der Waals surface area contributed by atoms with Gasteiger partial charge in [0.2, 0.25) is 0 Å². The highest BCUT2D eigenvalue weighted by atomic mass is 79.9. The molecule has 0 unspecified atom stereocenters. The zero-order valence-electron chi connectivity index (χ0n) is 11.6. The topological polar surface area (TPSA) is 34.9 Å². The number of halogens is 1. The molecule has 0 fully saturated rings. The van der Waals surface area contributed by atoms with Gasteiger partial charge in [-0.1, -0.05) is 6.07 Å². The fourth-order valence-corrected chi connectivity index (χ4v) is 3.75. The minimum atomic E-state index is 0.600. The Morgan fingerprint density at radius 1 is 1.19 bits per heavy atom. The van der Waals surface area contributed by atoms with Crippen LogP contribution in [0.2, 0.25) is 0 Å². The van der Waals surface area contributed by atoms with E-state index in [4.69, 9.17) is 0 Å². The number of hydrogen-bond donors (Lipinski definition) is 0. The first-order valence-electron chi connectivity index (χ1n) is 6.45. The standard InChI is InChI=1S/C16H13BrN2OS/c1-10-3-11(2)5-14(4-10)19-7-12(8-20)16(18-19)15-6-13(17)9-21-15/h3-9H,1-2H3. The first-order valence-corrected chi connectivity index (χ1v) is 8.12. The Hall–Kier alpha value is -1.72. The van der Waals surface area contributed by atoms with Crippen molar-refractivity contribution in [1.82, 2.24) is 9.78 Å². The van der Waals surface area contributed by atoms with Crippen LogP contribution in [0.5, 0.6) is 0 Å². The largest absolute Gasteiger partial charge is 0.298 e. The van der Waals surface area contributed by atoms with E-state index in [1.807, 2.05) is 11.4 Å². The molecule has 1 aromatic carbocycles. The maximum absolute atomic E-state index is 11.3. The molecule has 0 radical (unpaired) electrons. The summed E-state index contributed by atoms with van der Waals surface area (Å²) in [6.07, 6.45) is 2.64. The lowest BCUT2D eigenvalue weighted by Gasteiger charge is -2.04. The summed E-state index contributed by atoms with van der Waals surface area (Å²) in [4.78, 5) is 12.3. The molecule has 0 aliphatic heterocycles. The van der Waals surface area contributed by atoms with Crippen molar-refractivity contribution < 1.29 is 4.79 Å². The van der Waals surface area contributed by atoms with Crippen molar-refractivity contribution in [1.29, 1.82) is 0 Å². The molecule has 0 atom stereocenters. The van der Waals surface area contributed by atoms with Gasteiger partial charge in [-0.05, 0) is 59.1 Å². The Kier molecular flexibility index (Phi) is 3.78. The summed E-state index contributed by atoms with van der Waals surface area (Å²) in [6, 6.07) is 8.21. The lowest BCUT2D eigenvalue weighted by Crippen LogP contribution is -1.96. The number of nitrogens with zero attached hydrogens (tertiary/aromatic N) is 2. The molecule has 0 saturated heterocycles. The molecule has 2 aromatic heterocycles. The number of benzene rings is 1. The number of carbonyl (C=O) groups is 1. The third-order valence-electron chi connectivity index (χ3n) is 3.14. The number of carbonyl (C=O) groups excluding carboxylic acids is 1. The maximum Gasteiger partial charge on any atom is 0.153 e. The van der Waals surface area contributed by atoms with Crippen LogP contribution < -0.4 is 0 Å². The maximum atomic E-state index is 11.3. The average Bonchev–Trinajstić information content (AvgIpc) is 3.03. The van der Waals surface area contributed by atoms with E-state index in [-0.39, 0.29) is 0 Å². The third-order valence-corrected chi connectivity index (χ3v) is 4.84. The predicted molar refractivity (Wildman–Crippen MR) is 89.4 cm³/mol. The first kappa shape index (κ1) is 14.2. The molecule has 0 amide bonds. The van der Waals surface area contributed by atoms with Gasteiger partial charge in [0, 0.05) is 16.0 Å². The van der Waals surface area contributed by atoms with E-state index in [9.17, 15) is 4.79 Å². The van der Waals surface area contributed by atoms with E-state index >= 15 is 0 Å². The van der Waals surface area contributed by atoms with Crippen molar-refractivity contribution in [2.45, 2.75) is 13.8 Å². The second kappa shape index (κ2) is 5.58. The van der Waals surface area contributed by atoms with Crippen LogP contribution >= 0.6 is 27.3 Å². The minimum Gasteiger partial charge on any atom is -0.298 e. The van der Waals surface area contributed by atoms with Crippen molar-refractivity contribution in [3.05, 3.63) is 57.0 Å². The summed E-state index contributed by atoms with van der Waals surface area (Å²) in [6.45, 7) is 4.11. The van der Waals surface area contributed by atoms with Crippen LogP contribution in [-0.4, -0.2) is 16.1 Å². The number of thiophene rings is 1. The van der Waals surface area contributed by atoms with E-state index < -0.39 is 0 Å². The van der Waals surface area contributed by atoms with Gasteiger partial charge in [-0.25, -0.2) is 4.68 Å². The van der Waals surface area contributed by atoms with Crippen LogP contribution in [0.25, 0.3) is 16.3 Å². The molecule has 106 valence electrons. The highest BCUT2D eigenvalue weighted by Crippen LogP contribution is 2.31. The van der Waals surface area contributed by atoms with Crippen molar-refractivity contribution in [3.63, 3.8) is 0 Å². The molecule has 0 saturated carbocycles. The summed E-state index contributed by atoms with van der Waals surface area (Å²) in [7, 11) is 0. The fourth-order valence-electron chi connectivity index (χ4n) is 2.32. The smallest absolute Gasteiger partial charge is 0.153 e. The molecular weight excluding hydrogens is 348 g/mol. The molecule has 3 rings (SSSR count). The summed E-state index contributed by atoms with van der Waals surface area (Å²) < 4.78 is 2.77. The molecule has 21 heavy (non-hydrogen) atoms.